The SMILES string of the molecule is NCC1(C(=O)Cc2cc(Br)cs2)CCCCCC1. The number of rotatable bonds is 4. The molecule has 0 unspecified atom stereocenters. The van der Waals surface area contributed by atoms with E-state index >= 15 is 0 Å². The van der Waals surface area contributed by atoms with Crippen LogP contribution >= 0.6 is 27.3 Å². The predicted octanol–water partition coefficient (Wildman–Crippen LogP) is 3.92. The molecular weight excluding hydrogens is 310 g/mol. The Morgan fingerprint density at radius 1 is 1.33 bits per heavy atom. The molecule has 18 heavy (non-hydrogen) atoms. The lowest BCUT2D eigenvalue weighted by Crippen LogP contribution is -2.39. The van der Waals surface area contributed by atoms with Crippen LogP contribution in [0.1, 0.15) is 43.4 Å². The third-order valence-corrected chi connectivity index (χ3v) is 5.70. The van der Waals surface area contributed by atoms with Crippen LogP contribution < -0.4 is 5.73 Å². The Morgan fingerprint density at radius 2 is 2.00 bits per heavy atom. The van der Waals surface area contributed by atoms with Crippen LogP contribution in [-0.2, 0) is 11.2 Å². The standard InChI is InChI=1S/C14H20BrNOS/c15-11-7-12(18-9-11)8-13(17)14(10-16)5-3-1-2-4-6-14/h7,9H,1-6,8,10,16H2. The maximum Gasteiger partial charge on any atom is 0.145 e. The Balaban J connectivity index is 2.08. The van der Waals surface area contributed by atoms with Gasteiger partial charge in [-0.3, -0.25) is 4.79 Å². The molecule has 0 aromatic carbocycles. The molecule has 1 aromatic rings. The van der Waals surface area contributed by atoms with Crippen molar-refractivity contribution < 1.29 is 4.79 Å². The molecule has 0 aliphatic heterocycles. The van der Waals surface area contributed by atoms with Crippen molar-refractivity contribution in [3.05, 3.63) is 20.8 Å². The summed E-state index contributed by atoms with van der Waals surface area (Å²) in [6.07, 6.45) is 7.31. The minimum atomic E-state index is -0.243. The van der Waals surface area contributed by atoms with Crippen LogP contribution in [0.2, 0.25) is 0 Å². The lowest BCUT2D eigenvalue weighted by Gasteiger charge is -2.29. The highest BCUT2D eigenvalue weighted by Gasteiger charge is 2.36. The lowest BCUT2D eigenvalue weighted by molar-refractivity contribution is -0.128. The summed E-state index contributed by atoms with van der Waals surface area (Å²) in [6, 6.07) is 2.05. The van der Waals surface area contributed by atoms with Gasteiger partial charge in [0.15, 0.2) is 0 Å². The Morgan fingerprint density at radius 3 is 2.50 bits per heavy atom. The van der Waals surface area contributed by atoms with E-state index in [1.165, 1.54) is 12.8 Å². The van der Waals surface area contributed by atoms with Gasteiger partial charge in [-0.05, 0) is 34.8 Å². The second-order valence-electron chi connectivity index (χ2n) is 5.23. The van der Waals surface area contributed by atoms with Gasteiger partial charge < -0.3 is 5.73 Å². The number of nitrogens with two attached hydrogens (primary N) is 1. The van der Waals surface area contributed by atoms with Crippen molar-refractivity contribution in [1.29, 1.82) is 0 Å². The van der Waals surface area contributed by atoms with Crippen molar-refractivity contribution in [1.82, 2.24) is 0 Å². The quantitative estimate of drug-likeness (QED) is 0.850. The third-order valence-electron chi connectivity index (χ3n) is 4.00. The topological polar surface area (TPSA) is 43.1 Å². The van der Waals surface area contributed by atoms with Gasteiger partial charge in [0.1, 0.15) is 5.78 Å². The van der Waals surface area contributed by atoms with E-state index in [1.54, 1.807) is 11.3 Å². The van der Waals surface area contributed by atoms with Crippen LogP contribution in [0.4, 0.5) is 0 Å². The molecule has 0 bridgehead atoms. The Bertz CT molecular complexity index is 408. The summed E-state index contributed by atoms with van der Waals surface area (Å²) in [5.41, 5.74) is 5.70. The molecule has 4 heteroatoms. The lowest BCUT2D eigenvalue weighted by atomic mass is 9.75. The monoisotopic (exact) mass is 329 g/mol. The fourth-order valence-electron chi connectivity index (χ4n) is 2.79. The smallest absolute Gasteiger partial charge is 0.145 e. The van der Waals surface area contributed by atoms with E-state index in [0.717, 1.165) is 35.0 Å². The fourth-order valence-corrected chi connectivity index (χ4v) is 4.24. The highest BCUT2D eigenvalue weighted by Crippen LogP contribution is 2.36. The molecule has 0 spiro atoms. The zero-order chi connectivity index (χ0) is 13.0. The van der Waals surface area contributed by atoms with Gasteiger partial charge in [-0.25, -0.2) is 0 Å². The average Bonchev–Trinajstić information content (AvgIpc) is 2.65. The Labute approximate surface area is 121 Å². The molecular formula is C14H20BrNOS. The van der Waals surface area contributed by atoms with Crippen molar-refractivity contribution in [3.63, 3.8) is 0 Å². The van der Waals surface area contributed by atoms with Crippen LogP contribution in [0.15, 0.2) is 15.9 Å². The molecule has 1 fully saturated rings. The van der Waals surface area contributed by atoms with Gasteiger partial charge in [-0.1, -0.05) is 25.7 Å². The molecule has 0 atom stereocenters. The number of ketones is 1. The van der Waals surface area contributed by atoms with E-state index in [-0.39, 0.29) is 5.41 Å². The third kappa shape index (κ3) is 3.22. The predicted molar refractivity (Wildman–Crippen MR) is 79.9 cm³/mol. The minimum absolute atomic E-state index is 0.243. The van der Waals surface area contributed by atoms with E-state index in [2.05, 4.69) is 15.9 Å². The maximum atomic E-state index is 12.6. The van der Waals surface area contributed by atoms with Crippen LogP contribution in [0, 0.1) is 5.41 Å². The molecule has 1 aliphatic rings. The van der Waals surface area contributed by atoms with Crippen molar-refractivity contribution in [3.8, 4) is 0 Å². The number of carbonyl (C=O) groups is 1. The zero-order valence-electron chi connectivity index (χ0n) is 10.6. The molecule has 0 amide bonds. The molecule has 1 aliphatic carbocycles. The van der Waals surface area contributed by atoms with Gasteiger partial charge >= 0.3 is 0 Å². The number of hydrogen-bond donors (Lipinski definition) is 1. The molecule has 100 valence electrons. The summed E-state index contributed by atoms with van der Waals surface area (Å²) in [4.78, 5) is 13.7. The number of carbonyl (C=O) groups excluding carboxylic acids is 1. The van der Waals surface area contributed by atoms with Gasteiger partial charge in [0.05, 0.1) is 0 Å². The van der Waals surface area contributed by atoms with Crippen LogP contribution in [0.3, 0.4) is 0 Å². The van der Waals surface area contributed by atoms with E-state index in [1.807, 2.05) is 11.4 Å². The second kappa shape index (κ2) is 6.31. The Hall–Kier alpha value is -0.190. The van der Waals surface area contributed by atoms with E-state index in [0.29, 0.717) is 18.7 Å². The zero-order valence-corrected chi connectivity index (χ0v) is 13.0. The van der Waals surface area contributed by atoms with E-state index < -0.39 is 0 Å². The average molecular weight is 330 g/mol. The number of hydrogen-bond acceptors (Lipinski definition) is 3. The maximum absolute atomic E-state index is 12.6. The molecule has 1 aromatic heterocycles. The molecule has 2 N–H and O–H groups in total. The summed E-state index contributed by atoms with van der Waals surface area (Å²) in [5.74, 6) is 0.348. The minimum Gasteiger partial charge on any atom is -0.329 e. The van der Waals surface area contributed by atoms with Crippen LogP contribution in [-0.4, -0.2) is 12.3 Å². The Kier molecular flexibility index (Phi) is 4.98. The van der Waals surface area contributed by atoms with Gasteiger partial charge in [0.2, 0.25) is 0 Å². The molecule has 1 heterocycles. The highest BCUT2D eigenvalue weighted by atomic mass is 79.9. The van der Waals surface area contributed by atoms with E-state index in [4.69, 9.17) is 5.73 Å². The van der Waals surface area contributed by atoms with Gasteiger partial charge in [-0.2, -0.15) is 0 Å². The summed E-state index contributed by atoms with van der Waals surface area (Å²) >= 11 is 5.08. The molecule has 1 saturated carbocycles. The van der Waals surface area contributed by atoms with Crippen LogP contribution in [0.5, 0.6) is 0 Å². The van der Waals surface area contributed by atoms with Crippen molar-refractivity contribution in [2.75, 3.05) is 6.54 Å². The first-order chi connectivity index (χ1) is 8.66. The highest BCUT2D eigenvalue weighted by molar-refractivity contribution is 9.10. The van der Waals surface area contributed by atoms with Crippen LogP contribution in [0.25, 0.3) is 0 Å². The second-order valence-corrected chi connectivity index (χ2v) is 7.14. The van der Waals surface area contributed by atoms with Gasteiger partial charge in [0.25, 0.3) is 0 Å². The van der Waals surface area contributed by atoms with Crippen molar-refractivity contribution in [2.45, 2.75) is 44.9 Å². The van der Waals surface area contributed by atoms with Gasteiger partial charge in [-0.15, -0.1) is 11.3 Å². The van der Waals surface area contributed by atoms with E-state index in [9.17, 15) is 4.79 Å². The molecule has 0 radical (unpaired) electrons. The molecule has 2 rings (SSSR count). The molecule has 2 nitrogen and oxygen atoms in total. The summed E-state index contributed by atoms with van der Waals surface area (Å²) < 4.78 is 1.07. The number of thiophene rings is 1. The largest absolute Gasteiger partial charge is 0.329 e. The first-order valence-electron chi connectivity index (χ1n) is 6.62. The van der Waals surface area contributed by atoms with Gasteiger partial charge in [0, 0.05) is 33.1 Å². The normalized spacial score (nSPS) is 19.4. The summed E-state index contributed by atoms with van der Waals surface area (Å²) in [6.45, 7) is 0.512. The summed E-state index contributed by atoms with van der Waals surface area (Å²) in [7, 11) is 0. The first-order valence-corrected chi connectivity index (χ1v) is 8.30. The van der Waals surface area contributed by atoms with Crippen molar-refractivity contribution in [2.24, 2.45) is 11.1 Å². The van der Waals surface area contributed by atoms with Crippen molar-refractivity contribution >= 4 is 33.0 Å². The molecule has 0 saturated heterocycles. The summed E-state index contributed by atoms with van der Waals surface area (Å²) in [5, 5.41) is 2.03. The fraction of sp³-hybridized carbons (Fsp3) is 0.643. The number of halogens is 1. The first kappa shape index (κ1) is 14.2. The number of Topliss-reactive ketones (excluding diaryl/α,β-unsaturated/α-hetero) is 1.